The SMILES string of the molecule is CCOCCc1noc(CCC(N)c2ccccc2)n1. The summed E-state index contributed by atoms with van der Waals surface area (Å²) >= 11 is 0. The van der Waals surface area contributed by atoms with Gasteiger partial charge < -0.3 is 15.0 Å². The molecule has 0 fully saturated rings. The fourth-order valence-corrected chi connectivity index (χ4v) is 1.95. The van der Waals surface area contributed by atoms with Crippen LogP contribution in [-0.4, -0.2) is 23.4 Å². The first-order valence-electron chi connectivity index (χ1n) is 6.99. The van der Waals surface area contributed by atoms with Crippen molar-refractivity contribution in [3.8, 4) is 0 Å². The Hall–Kier alpha value is -1.72. The molecule has 1 unspecified atom stereocenters. The smallest absolute Gasteiger partial charge is 0.226 e. The summed E-state index contributed by atoms with van der Waals surface area (Å²) in [6, 6.07) is 10.0. The summed E-state index contributed by atoms with van der Waals surface area (Å²) in [6.45, 7) is 3.29. The summed E-state index contributed by atoms with van der Waals surface area (Å²) in [5.74, 6) is 1.34. The van der Waals surface area contributed by atoms with Crippen LogP contribution in [0, 0.1) is 0 Å². The Balaban J connectivity index is 1.79. The molecule has 0 aliphatic heterocycles. The lowest BCUT2D eigenvalue weighted by Gasteiger charge is -2.09. The van der Waals surface area contributed by atoms with Gasteiger partial charge in [-0.2, -0.15) is 4.98 Å². The van der Waals surface area contributed by atoms with Gasteiger partial charge in [-0.15, -0.1) is 0 Å². The number of nitrogens with two attached hydrogens (primary N) is 1. The number of aromatic nitrogens is 2. The first-order valence-corrected chi connectivity index (χ1v) is 6.99. The number of aryl methyl sites for hydroxylation is 1. The van der Waals surface area contributed by atoms with Crippen molar-refractivity contribution in [3.63, 3.8) is 0 Å². The lowest BCUT2D eigenvalue weighted by molar-refractivity contribution is 0.149. The maximum atomic E-state index is 6.14. The Bertz CT molecular complexity index is 499. The van der Waals surface area contributed by atoms with Gasteiger partial charge in [0.2, 0.25) is 5.89 Å². The molecular weight excluding hydrogens is 254 g/mol. The van der Waals surface area contributed by atoms with Crippen molar-refractivity contribution in [1.82, 2.24) is 10.1 Å². The van der Waals surface area contributed by atoms with Crippen LogP contribution < -0.4 is 5.73 Å². The van der Waals surface area contributed by atoms with Gasteiger partial charge in [0.25, 0.3) is 0 Å². The van der Waals surface area contributed by atoms with Gasteiger partial charge in [-0.3, -0.25) is 0 Å². The minimum absolute atomic E-state index is 0.00465. The minimum Gasteiger partial charge on any atom is -0.381 e. The molecule has 0 spiro atoms. The number of hydrogen-bond acceptors (Lipinski definition) is 5. The summed E-state index contributed by atoms with van der Waals surface area (Å²) < 4.78 is 10.5. The van der Waals surface area contributed by atoms with Gasteiger partial charge in [-0.05, 0) is 18.9 Å². The maximum Gasteiger partial charge on any atom is 0.226 e. The largest absolute Gasteiger partial charge is 0.381 e. The molecule has 108 valence electrons. The van der Waals surface area contributed by atoms with Crippen molar-refractivity contribution in [2.24, 2.45) is 5.73 Å². The summed E-state index contributed by atoms with van der Waals surface area (Å²) in [4.78, 5) is 4.33. The van der Waals surface area contributed by atoms with E-state index < -0.39 is 0 Å². The second kappa shape index (κ2) is 7.77. The van der Waals surface area contributed by atoms with Crippen LogP contribution in [0.4, 0.5) is 0 Å². The number of nitrogens with zero attached hydrogens (tertiary/aromatic N) is 2. The number of ether oxygens (including phenoxy) is 1. The first-order chi connectivity index (χ1) is 9.79. The van der Waals surface area contributed by atoms with Crippen LogP contribution in [-0.2, 0) is 17.6 Å². The van der Waals surface area contributed by atoms with Gasteiger partial charge in [0.1, 0.15) is 0 Å². The summed E-state index contributed by atoms with van der Waals surface area (Å²) in [7, 11) is 0. The van der Waals surface area contributed by atoms with Crippen molar-refractivity contribution in [2.45, 2.75) is 32.2 Å². The second-order valence-electron chi connectivity index (χ2n) is 4.61. The van der Waals surface area contributed by atoms with Crippen molar-refractivity contribution in [3.05, 3.63) is 47.6 Å². The molecular formula is C15H21N3O2. The molecule has 0 amide bonds. The fourth-order valence-electron chi connectivity index (χ4n) is 1.95. The standard InChI is InChI=1S/C15H21N3O2/c1-2-19-11-10-14-17-15(20-18-14)9-8-13(16)12-6-4-3-5-7-12/h3-7,13H,2,8-11,16H2,1H3. The van der Waals surface area contributed by atoms with Crippen LogP contribution in [0.3, 0.4) is 0 Å². The Labute approximate surface area is 119 Å². The molecule has 1 aromatic carbocycles. The molecule has 0 saturated carbocycles. The topological polar surface area (TPSA) is 74.2 Å². The van der Waals surface area contributed by atoms with Crippen molar-refractivity contribution in [2.75, 3.05) is 13.2 Å². The monoisotopic (exact) mass is 275 g/mol. The van der Waals surface area contributed by atoms with Gasteiger partial charge in [-0.1, -0.05) is 35.5 Å². The molecule has 2 rings (SSSR count). The second-order valence-corrected chi connectivity index (χ2v) is 4.61. The quantitative estimate of drug-likeness (QED) is 0.748. The molecule has 0 bridgehead atoms. The third kappa shape index (κ3) is 4.43. The van der Waals surface area contributed by atoms with Crippen molar-refractivity contribution >= 4 is 0 Å². The molecule has 1 aromatic heterocycles. The molecule has 2 N–H and O–H groups in total. The summed E-state index contributed by atoms with van der Waals surface area (Å²) in [5.41, 5.74) is 7.27. The first kappa shape index (κ1) is 14.7. The van der Waals surface area contributed by atoms with Crippen molar-refractivity contribution < 1.29 is 9.26 Å². The zero-order chi connectivity index (χ0) is 14.2. The summed E-state index contributed by atoms with van der Waals surface area (Å²) in [5, 5.41) is 3.93. The van der Waals surface area contributed by atoms with E-state index >= 15 is 0 Å². The van der Waals surface area contributed by atoms with Crippen LogP contribution in [0.2, 0.25) is 0 Å². The van der Waals surface area contributed by atoms with E-state index in [4.69, 9.17) is 15.0 Å². The lowest BCUT2D eigenvalue weighted by atomic mass is 10.0. The molecule has 0 aliphatic carbocycles. The highest BCUT2D eigenvalue weighted by Crippen LogP contribution is 2.15. The normalized spacial score (nSPS) is 12.5. The molecule has 1 atom stereocenters. The Morgan fingerprint density at radius 2 is 2.05 bits per heavy atom. The maximum absolute atomic E-state index is 6.14. The number of hydrogen-bond donors (Lipinski definition) is 1. The van der Waals surface area contributed by atoms with Gasteiger partial charge in [0, 0.05) is 25.5 Å². The van der Waals surface area contributed by atoms with Gasteiger partial charge >= 0.3 is 0 Å². The molecule has 5 heteroatoms. The predicted octanol–water partition coefficient (Wildman–Crippen LogP) is 2.28. The van der Waals surface area contributed by atoms with E-state index in [1.165, 1.54) is 0 Å². The van der Waals surface area contributed by atoms with E-state index in [9.17, 15) is 0 Å². The van der Waals surface area contributed by atoms with Crippen LogP contribution >= 0.6 is 0 Å². The van der Waals surface area contributed by atoms with Crippen LogP contribution in [0.15, 0.2) is 34.9 Å². The molecule has 0 saturated heterocycles. The molecule has 0 aliphatic rings. The fraction of sp³-hybridized carbons (Fsp3) is 0.467. The predicted molar refractivity (Wildman–Crippen MR) is 76.2 cm³/mol. The van der Waals surface area contributed by atoms with E-state index in [0.717, 1.165) is 12.0 Å². The zero-order valence-electron chi connectivity index (χ0n) is 11.8. The van der Waals surface area contributed by atoms with Gasteiger partial charge in [-0.25, -0.2) is 0 Å². The van der Waals surface area contributed by atoms with E-state index in [2.05, 4.69) is 10.1 Å². The Morgan fingerprint density at radius 3 is 2.80 bits per heavy atom. The van der Waals surface area contributed by atoms with E-state index in [0.29, 0.717) is 37.8 Å². The zero-order valence-corrected chi connectivity index (χ0v) is 11.8. The lowest BCUT2D eigenvalue weighted by Crippen LogP contribution is -2.11. The van der Waals surface area contributed by atoms with E-state index in [1.807, 2.05) is 37.3 Å². The third-order valence-corrected chi connectivity index (χ3v) is 3.08. The third-order valence-electron chi connectivity index (χ3n) is 3.08. The van der Waals surface area contributed by atoms with Crippen LogP contribution in [0.1, 0.15) is 36.7 Å². The average Bonchev–Trinajstić information content (AvgIpc) is 2.94. The Kier molecular flexibility index (Phi) is 5.70. The molecule has 2 aromatic rings. The molecule has 0 radical (unpaired) electrons. The molecule has 1 heterocycles. The highest BCUT2D eigenvalue weighted by atomic mass is 16.5. The van der Waals surface area contributed by atoms with Gasteiger partial charge in [0.15, 0.2) is 5.82 Å². The average molecular weight is 275 g/mol. The van der Waals surface area contributed by atoms with Crippen LogP contribution in [0.5, 0.6) is 0 Å². The molecule has 20 heavy (non-hydrogen) atoms. The number of rotatable bonds is 8. The number of benzene rings is 1. The summed E-state index contributed by atoms with van der Waals surface area (Å²) in [6.07, 6.45) is 2.16. The highest BCUT2D eigenvalue weighted by molar-refractivity contribution is 5.18. The minimum atomic E-state index is -0.00465. The van der Waals surface area contributed by atoms with Crippen molar-refractivity contribution in [1.29, 1.82) is 0 Å². The van der Waals surface area contributed by atoms with Crippen LogP contribution in [0.25, 0.3) is 0 Å². The molecule has 5 nitrogen and oxygen atoms in total. The van der Waals surface area contributed by atoms with Gasteiger partial charge in [0.05, 0.1) is 6.61 Å². The van der Waals surface area contributed by atoms with E-state index in [-0.39, 0.29) is 6.04 Å². The highest BCUT2D eigenvalue weighted by Gasteiger charge is 2.10. The Morgan fingerprint density at radius 1 is 1.25 bits per heavy atom. The van der Waals surface area contributed by atoms with E-state index in [1.54, 1.807) is 0 Å².